The molecule has 2 aromatic rings. The molecule has 3 heteroatoms. The largest absolute Gasteiger partial charge is 0.337 e. The third kappa shape index (κ3) is 2.73. The van der Waals surface area contributed by atoms with Crippen molar-refractivity contribution in [2.45, 2.75) is 38.4 Å². The Morgan fingerprint density at radius 1 is 1.04 bits per heavy atom. The van der Waals surface area contributed by atoms with E-state index in [-0.39, 0.29) is 6.04 Å². The van der Waals surface area contributed by atoms with E-state index in [1.54, 1.807) is 0 Å². The molecule has 2 heterocycles. The molecule has 3 nitrogen and oxygen atoms in total. The van der Waals surface area contributed by atoms with Crippen molar-refractivity contribution in [1.82, 2.24) is 9.80 Å². The average Bonchev–Trinajstić information content (AvgIpc) is 3.09. The highest BCUT2D eigenvalue weighted by Gasteiger charge is 2.40. The number of rotatable bonds is 3. The summed E-state index contributed by atoms with van der Waals surface area (Å²) < 4.78 is 0. The molecule has 2 fully saturated rings. The minimum absolute atomic E-state index is 0.0248. The number of benzene rings is 2. The molecule has 0 radical (unpaired) electrons. The number of nitrogens with zero attached hydrogens (tertiary/aromatic N) is 2. The van der Waals surface area contributed by atoms with E-state index in [0.29, 0.717) is 11.9 Å². The van der Waals surface area contributed by atoms with Crippen molar-refractivity contribution in [3.63, 3.8) is 0 Å². The Kier molecular flexibility index (Phi) is 4.11. The summed E-state index contributed by atoms with van der Waals surface area (Å²) in [5.74, 6) is 0.306. The van der Waals surface area contributed by atoms with Gasteiger partial charge in [-0.25, -0.2) is 0 Å². The highest BCUT2D eigenvalue weighted by atomic mass is 16.2. The second kappa shape index (κ2) is 6.40. The molecule has 0 aliphatic carbocycles. The Morgan fingerprint density at radius 2 is 1.79 bits per heavy atom. The first-order valence-electron chi connectivity index (χ1n) is 8.92. The summed E-state index contributed by atoms with van der Waals surface area (Å²) in [6, 6.07) is 19.5. The lowest BCUT2D eigenvalue weighted by Crippen LogP contribution is -2.58. The monoisotopic (exact) mass is 320 g/mol. The summed E-state index contributed by atoms with van der Waals surface area (Å²) >= 11 is 0. The van der Waals surface area contributed by atoms with Crippen LogP contribution in [0.5, 0.6) is 0 Å². The molecule has 124 valence electrons. The first-order chi connectivity index (χ1) is 11.7. The molecule has 2 aromatic carbocycles. The van der Waals surface area contributed by atoms with E-state index in [2.05, 4.69) is 65.3 Å². The molecule has 24 heavy (non-hydrogen) atoms. The zero-order valence-electron chi connectivity index (χ0n) is 14.2. The van der Waals surface area contributed by atoms with E-state index in [1.807, 2.05) is 6.07 Å². The Balaban J connectivity index is 1.61. The summed E-state index contributed by atoms with van der Waals surface area (Å²) in [6.07, 6.45) is 2.30. The summed E-state index contributed by atoms with van der Waals surface area (Å²) in [7, 11) is 0. The maximum absolute atomic E-state index is 12.6. The van der Waals surface area contributed by atoms with Crippen LogP contribution in [-0.4, -0.2) is 40.9 Å². The van der Waals surface area contributed by atoms with Gasteiger partial charge in [0, 0.05) is 25.7 Å². The van der Waals surface area contributed by atoms with Gasteiger partial charge in [-0.15, -0.1) is 0 Å². The van der Waals surface area contributed by atoms with E-state index in [4.69, 9.17) is 0 Å². The standard InChI is InChI=1S/C21H24N2O/c1-16-21(24)23-13-7-11-19(23)15-22(16)14-18-10-5-6-12-20(18)17-8-3-2-4-9-17/h2-6,8-10,12,16,19H,7,11,13-15H2,1H3/t16-,19+/m0/s1. The average molecular weight is 320 g/mol. The van der Waals surface area contributed by atoms with Crippen LogP contribution in [0.4, 0.5) is 0 Å². The van der Waals surface area contributed by atoms with Crippen LogP contribution >= 0.6 is 0 Å². The van der Waals surface area contributed by atoms with Crippen LogP contribution in [0, 0.1) is 0 Å². The summed E-state index contributed by atoms with van der Waals surface area (Å²) in [5.41, 5.74) is 3.81. The molecule has 0 aromatic heterocycles. The van der Waals surface area contributed by atoms with Gasteiger partial charge in [0.25, 0.3) is 0 Å². The van der Waals surface area contributed by atoms with Gasteiger partial charge in [-0.1, -0.05) is 54.6 Å². The number of amides is 1. The Hall–Kier alpha value is -2.13. The van der Waals surface area contributed by atoms with Gasteiger partial charge in [0.2, 0.25) is 5.91 Å². The Morgan fingerprint density at radius 3 is 2.62 bits per heavy atom. The second-order valence-corrected chi connectivity index (χ2v) is 6.96. The lowest BCUT2D eigenvalue weighted by molar-refractivity contribution is -0.143. The minimum atomic E-state index is -0.0248. The van der Waals surface area contributed by atoms with Crippen LogP contribution < -0.4 is 0 Å². The van der Waals surface area contributed by atoms with E-state index < -0.39 is 0 Å². The number of piperazine rings is 1. The number of carbonyl (C=O) groups is 1. The molecule has 4 rings (SSSR count). The van der Waals surface area contributed by atoms with Crippen LogP contribution in [0.1, 0.15) is 25.3 Å². The maximum atomic E-state index is 12.6. The third-order valence-corrected chi connectivity index (χ3v) is 5.49. The molecule has 0 bridgehead atoms. The van der Waals surface area contributed by atoms with Crippen LogP contribution in [0.25, 0.3) is 11.1 Å². The normalized spacial score (nSPS) is 24.2. The molecule has 2 aliphatic heterocycles. The van der Waals surface area contributed by atoms with Crippen molar-refractivity contribution < 1.29 is 4.79 Å². The molecular weight excluding hydrogens is 296 g/mol. The van der Waals surface area contributed by atoms with Gasteiger partial charge in [-0.2, -0.15) is 0 Å². The molecule has 2 aliphatic rings. The molecule has 0 N–H and O–H groups in total. The highest BCUT2D eigenvalue weighted by molar-refractivity contribution is 5.83. The van der Waals surface area contributed by atoms with Crippen LogP contribution in [-0.2, 0) is 11.3 Å². The second-order valence-electron chi connectivity index (χ2n) is 6.96. The van der Waals surface area contributed by atoms with Gasteiger partial charge in [0.15, 0.2) is 0 Å². The van der Waals surface area contributed by atoms with Crippen molar-refractivity contribution >= 4 is 5.91 Å². The van der Waals surface area contributed by atoms with Crippen molar-refractivity contribution in [1.29, 1.82) is 0 Å². The predicted octanol–water partition coefficient (Wildman–Crippen LogP) is 3.55. The van der Waals surface area contributed by atoms with Crippen molar-refractivity contribution in [2.75, 3.05) is 13.1 Å². The van der Waals surface area contributed by atoms with E-state index in [0.717, 1.165) is 32.5 Å². The predicted molar refractivity (Wildman–Crippen MR) is 96.5 cm³/mol. The zero-order chi connectivity index (χ0) is 16.5. The lowest BCUT2D eigenvalue weighted by atomic mass is 9.98. The third-order valence-electron chi connectivity index (χ3n) is 5.49. The Bertz CT molecular complexity index is 728. The molecule has 2 saturated heterocycles. The highest BCUT2D eigenvalue weighted by Crippen LogP contribution is 2.29. The van der Waals surface area contributed by atoms with Gasteiger partial charge >= 0.3 is 0 Å². The number of fused-ring (bicyclic) bond motifs is 1. The maximum Gasteiger partial charge on any atom is 0.239 e. The van der Waals surface area contributed by atoms with Crippen molar-refractivity contribution in [3.8, 4) is 11.1 Å². The lowest BCUT2D eigenvalue weighted by Gasteiger charge is -2.41. The van der Waals surface area contributed by atoms with E-state index in [1.165, 1.54) is 16.7 Å². The van der Waals surface area contributed by atoms with E-state index >= 15 is 0 Å². The smallest absolute Gasteiger partial charge is 0.239 e. The summed E-state index contributed by atoms with van der Waals surface area (Å²) in [6.45, 7) is 4.84. The quantitative estimate of drug-likeness (QED) is 0.863. The van der Waals surface area contributed by atoms with Crippen molar-refractivity contribution in [3.05, 3.63) is 60.2 Å². The summed E-state index contributed by atoms with van der Waals surface area (Å²) in [5, 5.41) is 0. The van der Waals surface area contributed by atoms with Gasteiger partial charge < -0.3 is 4.90 Å². The zero-order valence-corrected chi connectivity index (χ0v) is 14.2. The SMILES string of the molecule is C[C@H]1C(=O)N2CCC[C@@H]2CN1Cc1ccccc1-c1ccccc1. The molecular formula is C21H24N2O. The fourth-order valence-electron chi connectivity index (χ4n) is 4.12. The van der Waals surface area contributed by atoms with Crippen LogP contribution in [0.2, 0.25) is 0 Å². The fourth-order valence-corrected chi connectivity index (χ4v) is 4.12. The molecule has 0 spiro atoms. The first-order valence-corrected chi connectivity index (χ1v) is 8.92. The van der Waals surface area contributed by atoms with Gasteiger partial charge in [-0.3, -0.25) is 9.69 Å². The van der Waals surface area contributed by atoms with Gasteiger partial charge in [0.1, 0.15) is 0 Å². The van der Waals surface area contributed by atoms with Crippen LogP contribution in [0.3, 0.4) is 0 Å². The fraction of sp³-hybridized carbons (Fsp3) is 0.381. The molecule has 1 amide bonds. The summed E-state index contributed by atoms with van der Waals surface area (Å²) in [4.78, 5) is 17.1. The van der Waals surface area contributed by atoms with Crippen molar-refractivity contribution in [2.24, 2.45) is 0 Å². The molecule has 0 unspecified atom stereocenters. The van der Waals surface area contributed by atoms with E-state index in [9.17, 15) is 4.79 Å². The minimum Gasteiger partial charge on any atom is -0.337 e. The number of hydrogen-bond donors (Lipinski definition) is 0. The van der Waals surface area contributed by atoms with Gasteiger partial charge in [-0.05, 0) is 36.5 Å². The first kappa shape index (κ1) is 15.4. The molecule has 0 saturated carbocycles. The molecule has 2 atom stereocenters. The Labute approximate surface area is 143 Å². The number of hydrogen-bond acceptors (Lipinski definition) is 2. The van der Waals surface area contributed by atoms with Crippen LogP contribution in [0.15, 0.2) is 54.6 Å². The number of carbonyl (C=O) groups excluding carboxylic acids is 1. The van der Waals surface area contributed by atoms with Gasteiger partial charge in [0.05, 0.1) is 6.04 Å². The topological polar surface area (TPSA) is 23.6 Å².